The van der Waals surface area contributed by atoms with E-state index >= 15 is 0 Å². The van der Waals surface area contributed by atoms with Crippen LogP contribution in [0.15, 0.2) is 16.7 Å². The average molecular weight is 288 g/mol. The molecule has 1 saturated heterocycles. The molecule has 6 nitrogen and oxygen atoms in total. The molecule has 2 aromatic rings. The van der Waals surface area contributed by atoms with Crippen molar-refractivity contribution in [1.29, 1.82) is 0 Å². The largest absolute Gasteiger partial charge is 0.379 e. The van der Waals surface area contributed by atoms with Crippen molar-refractivity contribution in [3.05, 3.63) is 29.4 Å². The molecule has 3 heterocycles. The molecule has 1 fully saturated rings. The summed E-state index contributed by atoms with van der Waals surface area (Å²) >= 11 is 0. The second-order valence-electron chi connectivity index (χ2n) is 5.40. The van der Waals surface area contributed by atoms with Crippen molar-refractivity contribution >= 4 is 0 Å². The molecule has 0 saturated carbocycles. The van der Waals surface area contributed by atoms with Crippen molar-refractivity contribution in [1.82, 2.24) is 20.4 Å². The summed E-state index contributed by atoms with van der Waals surface area (Å²) in [7, 11) is 0. The molecule has 0 bridgehead atoms. The number of aryl methyl sites for hydroxylation is 2. The van der Waals surface area contributed by atoms with Gasteiger partial charge in [0.05, 0.1) is 19.1 Å². The smallest absolute Gasteiger partial charge is 0.234 e. The molecule has 21 heavy (non-hydrogen) atoms. The summed E-state index contributed by atoms with van der Waals surface area (Å²) in [5.41, 5.74) is 2.84. The number of nitrogens with zero attached hydrogens (tertiary/aromatic N) is 3. The van der Waals surface area contributed by atoms with E-state index in [1.54, 1.807) is 0 Å². The minimum absolute atomic E-state index is 0.121. The summed E-state index contributed by atoms with van der Waals surface area (Å²) < 4.78 is 11.0. The molecule has 112 valence electrons. The molecule has 0 radical (unpaired) electrons. The molecule has 0 aliphatic carbocycles. The number of hydrogen-bond acceptors (Lipinski definition) is 6. The number of rotatable bonds is 4. The second kappa shape index (κ2) is 5.91. The van der Waals surface area contributed by atoms with Gasteiger partial charge in [-0.25, -0.2) is 0 Å². The maximum Gasteiger partial charge on any atom is 0.234 e. The van der Waals surface area contributed by atoms with E-state index in [-0.39, 0.29) is 12.0 Å². The maximum absolute atomic E-state index is 5.53. The first-order chi connectivity index (χ1) is 10.2. The summed E-state index contributed by atoms with van der Waals surface area (Å²) in [6.07, 6.45) is 0. The minimum Gasteiger partial charge on any atom is -0.379 e. The lowest BCUT2D eigenvalue weighted by Crippen LogP contribution is -2.34. The van der Waals surface area contributed by atoms with Gasteiger partial charge in [0.1, 0.15) is 0 Å². The Morgan fingerprint density at radius 2 is 1.95 bits per heavy atom. The Bertz CT molecular complexity index is 606. The highest BCUT2D eigenvalue weighted by atomic mass is 16.5. The highest BCUT2D eigenvalue weighted by molar-refractivity contribution is 5.55. The molecular weight excluding hydrogens is 268 g/mol. The molecule has 2 atom stereocenters. The van der Waals surface area contributed by atoms with Gasteiger partial charge in [-0.05, 0) is 32.5 Å². The van der Waals surface area contributed by atoms with Crippen molar-refractivity contribution in [3.63, 3.8) is 0 Å². The van der Waals surface area contributed by atoms with Gasteiger partial charge in [-0.3, -0.25) is 4.98 Å². The number of hydrogen-bond donors (Lipinski definition) is 1. The third-order valence-corrected chi connectivity index (χ3v) is 3.65. The third kappa shape index (κ3) is 2.96. The highest BCUT2D eigenvalue weighted by Gasteiger charge is 2.33. The number of nitrogens with one attached hydrogen (secondary N) is 1. The zero-order chi connectivity index (χ0) is 14.8. The SMILES string of the molecule is CCNC1COCC1c1nc(-c2cc(C)nc(C)c2)no1. The van der Waals surface area contributed by atoms with Crippen LogP contribution in [0.4, 0.5) is 0 Å². The van der Waals surface area contributed by atoms with Crippen LogP contribution in [0.1, 0.15) is 30.1 Å². The molecule has 1 N–H and O–H groups in total. The lowest BCUT2D eigenvalue weighted by atomic mass is 10.0. The van der Waals surface area contributed by atoms with Gasteiger partial charge < -0.3 is 14.6 Å². The molecule has 0 aromatic carbocycles. The van der Waals surface area contributed by atoms with Crippen LogP contribution >= 0.6 is 0 Å². The highest BCUT2D eigenvalue weighted by Crippen LogP contribution is 2.27. The molecule has 1 aliphatic rings. The Hall–Kier alpha value is -1.79. The standard InChI is InChI=1S/C15H20N4O2/c1-4-16-13-8-20-7-12(13)15-18-14(19-21-15)11-5-9(2)17-10(3)6-11/h5-6,12-13,16H,4,7-8H2,1-3H3. The van der Waals surface area contributed by atoms with Crippen LogP contribution in [0.5, 0.6) is 0 Å². The quantitative estimate of drug-likeness (QED) is 0.925. The summed E-state index contributed by atoms with van der Waals surface area (Å²) in [5, 5.41) is 7.51. The van der Waals surface area contributed by atoms with Crippen molar-refractivity contribution in [2.75, 3.05) is 19.8 Å². The van der Waals surface area contributed by atoms with Gasteiger partial charge in [0, 0.05) is 23.0 Å². The van der Waals surface area contributed by atoms with Crippen molar-refractivity contribution in [2.24, 2.45) is 0 Å². The monoisotopic (exact) mass is 288 g/mol. The fourth-order valence-electron chi connectivity index (χ4n) is 2.73. The molecular formula is C15H20N4O2. The Morgan fingerprint density at radius 3 is 2.67 bits per heavy atom. The molecule has 0 spiro atoms. The Labute approximate surface area is 123 Å². The normalized spacial score (nSPS) is 21.9. The zero-order valence-corrected chi connectivity index (χ0v) is 12.6. The van der Waals surface area contributed by atoms with Gasteiger partial charge in [0.15, 0.2) is 0 Å². The van der Waals surface area contributed by atoms with Crippen molar-refractivity contribution in [3.8, 4) is 11.4 Å². The first-order valence-corrected chi connectivity index (χ1v) is 7.27. The molecule has 2 aromatic heterocycles. The fourth-order valence-corrected chi connectivity index (χ4v) is 2.73. The zero-order valence-electron chi connectivity index (χ0n) is 12.6. The molecule has 3 rings (SSSR count). The van der Waals surface area contributed by atoms with Crippen LogP contribution < -0.4 is 5.32 Å². The minimum atomic E-state index is 0.121. The van der Waals surface area contributed by atoms with Crippen LogP contribution in [0.3, 0.4) is 0 Å². The van der Waals surface area contributed by atoms with Crippen molar-refractivity contribution < 1.29 is 9.26 Å². The predicted octanol–water partition coefficient (Wildman–Crippen LogP) is 1.84. The summed E-state index contributed by atoms with van der Waals surface area (Å²) in [6.45, 7) is 8.20. The van der Waals surface area contributed by atoms with E-state index in [4.69, 9.17) is 9.26 Å². The van der Waals surface area contributed by atoms with E-state index in [1.165, 1.54) is 0 Å². The lowest BCUT2D eigenvalue weighted by molar-refractivity contribution is 0.185. The van der Waals surface area contributed by atoms with Crippen LogP contribution in [0, 0.1) is 13.8 Å². The number of aromatic nitrogens is 3. The molecule has 1 aliphatic heterocycles. The molecule has 2 unspecified atom stereocenters. The van der Waals surface area contributed by atoms with E-state index in [9.17, 15) is 0 Å². The Balaban J connectivity index is 1.86. The number of pyridine rings is 1. The van der Waals surface area contributed by atoms with E-state index in [1.807, 2.05) is 26.0 Å². The topological polar surface area (TPSA) is 73.1 Å². The van der Waals surface area contributed by atoms with Crippen molar-refractivity contribution in [2.45, 2.75) is 32.7 Å². The Morgan fingerprint density at radius 1 is 1.19 bits per heavy atom. The summed E-state index contributed by atoms with van der Waals surface area (Å²) in [5.74, 6) is 1.37. The molecule has 0 amide bonds. The van der Waals surface area contributed by atoms with Gasteiger partial charge in [0.25, 0.3) is 0 Å². The fraction of sp³-hybridized carbons (Fsp3) is 0.533. The Kier molecular flexibility index (Phi) is 3.98. The maximum atomic E-state index is 5.53. The lowest BCUT2D eigenvalue weighted by Gasteiger charge is -2.13. The average Bonchev–Trinajstić information content (AvgIpc) is 3.06. The second-order valence-corrected chi connectivity index (χ2v) is 5.40. The van der Waals surface area contributed by atoms with Gasteiger partial charge in [-0.2, -0.15) is 4.98 Å². The van der Waals surface area contributed by atoms with Gasteiger partial charge >= 0.3 is 0 Å². The first kappa shape index (κ1) is 14.2. The summed E-state index contributed by atoms with van der Waals surface area (Å²) in [4.78, 5) is 8.92. The van der Waals surface area contributed by atoms with Gasteiger partial charge in [0.2, 0.25) is 11.7 Å². The van der Waals surface area contributed by atoms with Crippen LogP contribution in [0.2, 0.25) is 0 Å². The van der Waals surface area contributed by atoms with E-state index in [2.05, 4.69) is 27.4 Å². The third-order valence-electron chi connectivity index (χ3n) is 3.65. The van der Waals surface area contributed by atoms with Gasteiger partial charge in [-0.1, -0.05) is 12.1 Å². The number of ether oxygens (including phenoxy) is 1. The predicted molar refractivity (Wildman–Crippen MR) is 78.0 cm³/mol. The first-order valence-electron chi connectivity index (χ1n) is 7.27. The van der Waals surface area contributed by atoms with Gasteiger partial charge in [-0.15, -0.1) is 0 Å². The molecule has 6 heteroatoms. The number of likely N-dealkylation sites (N-methyl/N-ethyl adjacent to an activating group) is 1. The van der Waals surface area contributed by atoms with E-state index < -0.39 is 0 Å². The summed E-state index contributed by atoms with van der Waals surface area (Å²) in [6, 6.07) is 4.17. The van der Waals surface area contributed by atoms with Crippen LogP contribution in [-0.4, -0.2) is 40.9 Å². The van der Waals surface area contributed by atoms with E-state index in [0.29, 0.717) is 24.9 Å². The van der Waals surface area contributed by atoms with E-state index in [0.717, 1.165) is 23.5 Å². The van der Waals surface area contributed by atoms with Crippen LogP contribution in [-0.2, 0) is 4.74 Å². The van der Waals surface area contributed by atoms with Crippen LogP contribution in [0.25, 0.3) is 11.4 Å².